The second kappa shape index (κ2) is 6.42. The van der Waals surface area contributed by atoms with Crippen molar-refractivity contribution in [3.63, 3.8) is 0 Å². The molecule has 1 saturated carbocycles. The van der Waals surface area contributed by atoms with Gasteiger partial charge in [-0.05, 0) is 51.5 Å². The van der Waals surface area contributed by atoms with Gasteiger partial charge in [-0.15, -0.1) is 0 Å². The van der Waals surface area contributed by atoms with Gasteiger partial charge in [0, 0.05) is 11.3 Å². The van der Waals surface area contributed by atoms with E-state index in [2.05, 4.69) is 11.6 Å². The van der Waals surface area contributed by atoms with E-state index in [9.17, 15) is 0 Å². The van der Waals surface area contributed by atoms with Crippen molar-refractivity contribution in [1.29, 1.82) is 0 Å². The number of hydrogen-bond acceptors (Lipinski definition) is 4. The molecule has 0 aromatic heterocycles. The monoisotopic (exact) mass is 280 g/mol. The summed E-state index contributed by atoms with van der Waals surface area (Å²) in [5.74, 6) is 0.777. The van der Waals surface area contributed by atoms with E-state index in [0.717, 1.165) is 22.4 Å². The molecule has 3 N–H and O–H groups in total. The van der Waals surface area contributed by atoms with E-state index < -0.39 is 0 Å². The van der Waals surface area contributed by atoms with Gasteiger partial charge in [-0.25, -0.2) is 0 Å². The van der Waals surface area contributed by atoms with Crippen LogP contribution in [0.1, 0.15) is 33.1 Å². The Morgan fingerprint density at radius 2 is 2.16 bits per heavy atom. The highest BCUT2D eigenvalue weighted by molar-refractivity contribution is 7.99. The largest absolute Gasteiger partial charge is 0.489 e. The number of ether oxygens (including phenoxy) is 1. The van der Waals surface area contributed by atoms with Crippen LogP contribution in [0.2, 0.25) is 0 Å². The average molecular weight is 280 g/mol. The Bertz CT molecular complexity index is 423. The molecular formula is C15H24N2OS. The second-order valence-electron chi connectivity index (χ2n) is 5.40. The number of nitrogens with one attached hydrogen (secondary N) is 1. The third kappa shape index (κ3) is 3.72. The maximum atomic E-state index is 6.18. The Morgan fingerprint density at radius 1 is 1.37 bits per heavy atom. The van der Waals surface area contributed by atoms with Crippen LogP contribution < -0.4 is 15.8 Å². The van der Waals surface area contributed by atoms with Gasteiger partial charge in [-0.3, -0.25) is 0 Å². The van der Waals surface area contributed by atoms with Crippen molar-refractivity contribution in [2.75, 3.05) is 17.3 Å². The van der Waals surface area contributed by atoms with Crippen molar-refractivity contribution in [2.24, 2.45) is 0 Å². The Hall–Kier alpha value is -1.03. The van der Waals surface area contributed by atoms with E-state index in [1.165, 1.54) is 19.3 Å². The lowest BCUT2D eigenvalue weighted by Crippen LogP contribution is -2.17. The van der Waals surface area contributed by atoms with E-state index in [4.69, 9.17) is 10.5 Å². The smallest absolute Gasteiger partial charge is 0.144 e. The third-order valence-corrected chi connectivity index (χ3v) is 4.60. The average Bonchev–Trinajstić information content (AvgIpc) is 2.81. The van der Waals surface area contributed by atoms with Gasteiger partial charge in [0.1, 0.15) is 5.75 Å². The van der Waals surface area contributed by atoms with Crippen LogP contribution in [-0.4, -0.2) is 23.7 Å². The lowest BCUT2D eigenvalue weighted by Gasteiger charge is -2.19. The predicted molar refractivity (Wildman–Crippen MR) is 85.2 cm³/mol. The minimum atomic E-state index is 0.143. The molecule has 106 valence electrons. The molecule has 1 aliphatic rings. The van der Waals surface area contributed by atoms with Gasteiger partial charge in [-0.1, -0.05) is 6.07 Å². The minimum absolute atomic E-state index is 0.143. The van der Waals surface area contributed by atoms with E-state index in [-0.39, 0.29) is 6.10 Å². The quantitative estimate of drug-likeness (QED) is 0.806. The summed E-state index contributed by atoms with van der Waals surface area (Å²) in [4.78, 5) is 0. The molecule has 0 amide bonds. The van der Waals surface area contributed by atoms with E-state index >= 15 is 0 Å². The number of para-hydroxylation sites is 1. The van der Waals surface area contributed by atoms with E-state index in [1.807, 2.05) is 43.8 Å². The maximum absolute atomic E-state index is 6.18. The predicted octanol–water partition coefficient (Wildman–Crippen LogP) is 3.75. The summed E-state index contributed by atoms with van der Waals surface area (Å²) in [5.41, 5.74) is 7.91. The zero-order chi connectivity index (χ0) is 13.8. The van der Waals surface area contributed by atoms with Crippen LogP contribution in [0.25, 0.3) is 0 Å². The topological polar surface area (TPSA) is 47.3 Å². The SMILES string of the molecule is CSC1CCC(Nc2cccc(OC(C)C)c2N)C1. The molecule has 2 rings (SSSR count). The molecule has 2 atom stereocenters. The first-order valence-electron chi connectivity index (χ1n) is 6.94. The summed E-state index contributed by atoms with van der Waals surface area (Å²) in [6.07, 6.45) is 6.07. The van der Waals surface area contributed by atoms with Crippen molar-refractivity contribution in [2.45, 2.75) is 50.5 Å². The standard InChI is InChI=1S/C15H24N2OS/c1-10(2)18-14-6-4-5-13(15(14)16)17-11-7-8-12(9-11)19-3/h4-6,10-12,17H,7-9,16H2,1-3H3. The Balaban J connectivity index is 2.04. The number of benzene rings is 1. The molecular weight excluding hydrogens is 256 g/mol. The summed E-state index contributed by atoms with van der Waals surface area (Å²) in [5, 5.41) is 4.35. The van der Waals surface area contributed by atoms with Crippen LogP contribution >= 0.6 is 11.8 Å². The molecule has 1 aliphatic carbocycles. The molecule has 19 heavy (non-hydrogen) atoms. The molecule has 0 heterocycles. The first-order chi connectivity index (χ1) is 9.10. The highest BCUT2D eigenvalue weighted by Gasteiger charge is 2.24. The van der Waals surface area contributed by atoms with Gasteiger partial charge in [0.2, 0.25) is 0 Å². The van der Waals surface area contributed by atoms with E-state index in [1.54, 1.807) is 0 Å². The Morgan fingerprint density at radius 3 is 2.79 bits per heavy atom. The van der Waals surface area contributed by atoms with Crippen LogP contribution in [0, 0.1) is 0 Å². The first kappa shape index (κ1) is 14.4. The van der Waals surface area contributed by atoms with Gasteiger partial charge >= 0.3 is 0 Å². The summed E-state index contributed by atoms with van der Waals surface area (Å²) in [6, 6.07) is 6.50. The van der Waals surface area contributed by atoms with Crippen molar-refractivity contribution in [3.8, 4) is 5.75 Å². The molecule has 4 heteroatoms. The fourth-order valence-corrected chi connectivity index (χ4v) is 3.33. The summed E-state index contributed by atoms with van der Waals surface area (Å²) in [6.45, 7) is 4.03. The fourth-order valence-electron chi connectivity index (χ4n) is 2.53. The highest BCUT2D eigenvalue weighted by Crippen LogP contribution is 2.34. The summed E-state index contributed by atoms with van der Waals surface area (Å²) in [7, 11) is 0. The van der Waals surface area contributed by atoms with Gasteiger partial charge in [0.15, 0.2) is 0 Å². The van der Waals surface area contributed by atoms with Crippen molar-refractivity contribution in [1.82, 2.24) is 0 Å². The third-order valence-electron chi connectivity index (χ3n) is 3.51. The normalized spacial score (nSPS) is 22.7. The van der Waals surface area contributed by atoms with Gasteiger partial charge in [-0.2, -0.15) is 11.8 Å². The van der Waals surface area contributed by atoms with Gasteiger partial charge in [0.05, 0.1) is 17.5 Å². The Labute approximate surface area is 120 Å². The number of hydrogen-bond donors (Lipinski definition) is 2. The number of anilines is 2. The number of rotatable bonds is 5. The molecule has 1 aromatic carbocycles. The number of nitrogens with two attached hydrogens (primary N) is 1. The minimum Gasteiger partial charge on any atom is -0.489 e. The van der Waals surface area contributed by atoms with E-state index in [0.29, 0.717) is 6.04 Å². The first-order valence-corrected chi connectivity index (χ1v) is 8.23. The molecule has 1 fully saturated rings. The van der Waals surface area contributed by atoms with Crippen LogP contribution in [0.4, 0.5) is 11.4 Å². The van der Waals surface area contributed by atoms with Crippen LogP contribution in [-0.2, 0) is 0 Å². The molecule has 1 aromatic rings. The van der Waals surface area contributed by atoms with Crippen LogP contribution in [0.15, 0.2) is 18.2 Å². The van der Waals surface area contributed by atoms with Crippen molar-refractivity contribution >= 4 is 23.1 Å². The molecule has 0 bridgehead atoms. The lowest BCUT2D eigenvalue weighted by molar-refractivity contribution is 0.244. The summed E-state index contributed by atoms with van der Waals surface area (Å²) < 4.78 is 5.72. The fraction of sp³-hybridized carbons (Fsp3) is 0.600. The molecule has 2 unspecified atom stereocenters. The summed E-state index contributed by atoms with van der Waals surface area (Å²) >= 11 is 1.97. The number of nitrogen functional groups attached to an aromatic ring is 1. The molecule has 0 spiro atoms. The zero-order valence-electron chi connectivity index (χ0n) is 12.0. The zero-order valence-corrected chi connectivity index (χ0v) is 12.8. The second-order valence-corrected chi connectivity index (χ2v) is 6.53. The van der Waals surface area contributed by atoms with Gasteiger partial charge in [0.25, 0.3) is 0 Å². The van der Waals surface area contributed by atoms with Crippen LogP contribution in [0.5, 0.6) is 5.75 Å². The Kier molecular flexibility index (Phi) is 4.86. The van der Waals surface area contributed by atoms with Crippen molar-refractivity contribution in [3.05, 3.63) is 18.2 Å². The molecule has 0 radical (unpaired) electrons. The molecule has 0 aliphatic heterocycles. The maximum Gasteiger partial charge on any atom is 0.144 e. The highest BCUT2D eigenvalue weighted by atomic mass is 32.2. The van der Waals surface area contributed by atoms with Crippen molar-refractivity contribution < 1.29 is 4.74 Å². The molecule has 3 nitrogen and oxygen atoms in total. The van der Waals surface area contributed by atoms with Crippen LogP contribution in [0.3, 0.4) is 0 Å². The van der Waals surface area contributed by atoms with Gasteiger partial charge < -0.3 is 15.8 Å². The molecule has 0 saturated heterocycles. The lowest BCUT2D eigenvalue weighted by atomic mass is 10.2. The number of thioether (sulfide) groups is 1.